The topological polar surface area (TPSA) is 92.1 Å². The summed E-state index contributed by atoms with van der Waals surface area (Å²) >= 11 is 0. The maximum atomic E-state index is 11.9. The standard InChI is InChI=1S/C16H16N4O2/c17-12-13(15(22)14(12)21)20-8-4-3-7-11(20)16-18-9-5-1-2-6-10(9)19-16/h1-2,5-6,11H,3-4,7-8,17H2,(H,18,19). The van der Waals surface area contributed by atoms with Crippen LogP contribution >= 0.6 is 0 Å². The number of hydrogen-bond donors (Lipinski definition) is 2. The van der Waals surface area contributed by atoms with Crippen LogP contribution in [0.2, 0.25) is 0 Å². The normalized spacial score (nSPS) is 19.1. The third-order valence-electron chi connectivity index (χ3n) is 4.43. The van der Waals surface area contributed by atoms with Crippen molar-refractivity contribution in [1.82, 2.24) is 9.97 Å². The molecule has 1 aliphatic heterocycles. The Kier molecular flexibility index (Phi) is 2.79. The average molecular weight is 296 g/mol. The Morgan fingerprint density at radius 3 is 2.77 bits per heavy atom. The SMILES string of the molecule is Nc1c(N2CCCCC2c2nc3ccccc3[nH]2)c(=O)c1=O. The molecule has 1 aliphatic rings. The molecular formula is C16H16N4O2. The minimum atomic E-state index is -0.566. The molecule has 3 aromatic rings. The number of hydrogen-bond acceptors (Lipinski definition) is 5. The number of nitrogens with zero attached hydrogens (tertiary/aromatic N) is 2. The highest BCUT2D eigenvalue weighted by Crippen LogP contribution is 2.35. The molecule has 1 atom stereocenters. The van der Waals surface area contributed by atoms with Crippen molar-refractivity contribution in [3.05, 3.63) is 50.5 Å². The number of fused-ring (bicyclic) bond motifs is 1. The Bertz CT molecular complexity index is 887. The Balaban J connectivity index is 1.78. The zero-order chi connectivity index (χ0) is 15.3. The van der Waals surface area contributed by atoms with Crippen LogP contribution in [0.15, 0.2) is 33.9 Å². The van der Waals surface area contributed by atoms with Crippen LogP contribution in [0, 0.1) is 0 Å². The highest BCUT2D eigenvalue weighted by atomic mass is 16.2. The summed E-state index contributed by atoms with van der Waals surface area (Å²) in [6.07, 6.45) is 2.93. The van der Waals surface area contributed by atoms with E-state index in [9.17, 15) is 9.59 Å². The molecule has 2 aromatic carbocycles. The van der Waals surface area contributed by atoms with E-state index < -0.39 is 10.9 Å². The van der Waals surface area contributed by atoms with Gasteiger partial charge in [-0.1, -0.05) is 12.1 Å². The van der Waals surface area contributed by atoms with Crippen molar-refractivity contribution < 1.29 is 0 Å². The van der Waals surface area contributed by atoms with Gasteiger partial charge in [-0.2, -0.15) is 0 Å². The van der Waals surface area contributed by atoms with Gasteiger partial charge in [0, 0.05) is 6.54 Å². The van der Waals surface area contributed by atoms with Gasteiger partial charge in [0.2, 0.25) is 0 Å². The molecule has 0 radical (unpaired) electrons. The number of nitrogens with two attached hydrogens (primary N) is 1. The number of rotatable bonds is 2. The molecule has 1 fully saturated rings. The molecule has 6 heteroatoms. The summed E-state index contributed by atoms with van der Waals surface area (Å²) in [5.74, 6) is 0.827. The zero-order valence-corrected chi connectivity index (χ0v) is 12.0. The maximum absolute atomic E-state index is 11.9. The Hall–Kier alpha value is -2.63. The number of nitrogens with one attached hydrogen (secondary N) is 1. The molecule has 0 spiro atoms. The lowest BCUT2D eigenvalue weighted by atomic mass is 9.99. The fourth-order valence-corrected chi connectivity index (χ4v) is 3.30. The summed E-state index contributed by atoms with van der Waals surface area (Å²) < 4.78 is 0. The number of H-pyrrole nitrogens is 1. The number of imidazole rings is 1. The van der Waals surface area contributed by atoms with E-state index in [4.69, 9.17) is 5.73 Å². The highest BCUT2D eigenvalue weighted by molar-refractivity contribution is 5.76. The van der Waals surface area contributed by atoms with Gasteiger partial charge in [0.15, 0.2) is 0 Å². The van der Waals surface area contributed by atoms with Crippen LogP contribution in [0.25, 0.3) is 11.0 Å². The van der Waals surface area contributed by atoms with Gasteiger partial charge in [0.25, 0.3) is 10.9 Å². The molecule has 0 amide bonds. The minimum absolute atomic E-state index is 0.0354. The van der Waals surface area contributed by atoms with Crippen LogP contribution < -0.4 is 21.5 Å². The molecule has 112 valence electrons. The molecule has 1 saturated heterocycles. The van der Waals surface area contributed by atoms with E-state index in [1.807, 2.05) is 29.2 Å². The fourth-order valence-electron chi connectivity index (χ4n) is 3.30. The van der Waals surface area contributed by atoms with Crippen molar-refractivity contribution in [3.63, 3.8) is 0 Å². The lowest BCUT2D eigenvalue weighted by Gasteiger charge is -2.37. The van der Waals surface area contributed by atoms with Gasteiger partial charge in [-0.3, -0.25) is 9.59 Å². The van der Waals surface area contributed by atoms with E-state index in [1.165, 1.54) is 0 Å². The summed E-state index contributed by atoms with van der Waals surface area (Å²) in [6, 6.07) is 7.79. The Morgan fingerprint density at radius 2 is 2.00 bits per heavy atom. The van der Waals surface area contributed by atoms with Crippen molar-refractivity contribution in [1.29, 1.82) is 0 Å². The van der Waals surface area contributed by atoms with Crippen LogP contribution in [-0.2, 0) is 0 Å². The number of aromatic amines is 1. The number of benzene rings is 1. The van der Waals surface area contributed by atoms with E-state index in [1.54, 1.807) is 0 Å². The van der Waals surface area contributed by atoms with E-state index in [-0.39, 0.29) is 11.7 Å². The summed E-state index contributed by atoms with van der Waals surface area (Å²) in [6.45, 7) is 0.719. The van der Waals surface area contributed by atoms with Crippen LogP contribution in [-0.4, -0.2) is 16.5 Å². The molecular weight excluding hydrogens is 280 g/mol. The quantitative estimate of drug-likeness (QED) is 0.699. The van der Waals surface area contributed by atoms with E-state index in [0.717, 1.165) is 42.7 Å². The van der Waals surface area contributed by atoms with Crippen LogP contribution in [0.4, 0.5) is 11.4 Å². The second-order valence-corrected chi connectivity index (χ2v) is 5.76. The van der Waals surface area contributed by atoms with Gasteiger partial charge >= 0.3 is 0 Å². The van der Waals surface area contributed by atoms with Crippen LogP contribution in [0.1, 0.15) is 31.1 Å². The van der Waals surface area contributed by atoms with Gasteiger partial charge in [0.1, 0.15) is 17.2 Å². The molecule has 22 heavy (non-hydrogen) atoms. The molecule has 0 bridgehead atoms. The highest BCUT2D eigenvalue weighted by Gasteiger charge is 2.33. The smallest absolute Gasteiger partial charge is 0.253 e. The van der Waals surface area contributed by atoms with Crippen molar-refractivity contribution in [2.45, 2.75) is 25.3 Å². The number of nitrogen functional groups attached to an aromatic ring is 1. The lowest BCUT2D eigenvalue weighted by molar-refractivity contribution is 0.458. The molecule has 0 aliphatic carbocycles. The summed E-state index contributed by atoms with van der Waals surface area (Å²) in [5, 5.41) is 0. The van der Waals surface area contributed by atoms with Crippen molar-refractivity contribution in [3.8, 4) is 0 Å². The number of anilines is 2. The zero-order valence-electron chi connectivity index (χ0n) is 12.0. The van der Waals surface area contributed by atoms with E-state index >= 15 is 0 Å². The van der Waals surface area contributed by atoms with Gasteiger partial charge in [0.05, 0.1) is 17.1 Å². The Labute approximate surface area is 126 Å². The van der Waals surface area contributed by atoms with Gasteiger partial charge in [-0.15, -0.1) is 0 Å². The summed E-state index contributed by atoms with van der Waals surface area (Å²) in [5.41, 5.74) is 7.04. The number of aromatic nitrogens is 2. The van der Waals surface area contributed by atoms with E-state index in [2.05, 4.69) is 9.97 Å². The summed E-state index contributed by atoms with van der Waals surface area (Å²) in [4.78, 5) is 33.2. The molecule has 4 rings (SSSR count). The Morgan fingerprint density at radius 1 is 1.18 bits per heavy atom. The van der Waals surface area contributed by atoms with Crippen LogP contribution in [0.5, 0.6) is 0 Å². The number of para-hydroxylation sites is 2. The predicted molar refractivity (Wildman–Crippen MR) is 85.8 cm³/mol. The first-order valence-corrected chi connectivity index (χ1v) is 7.47. The minimum Gasteiger partial charge on any atom is -0.394 e. The van der Waals surface area contributed by atoms with Crippen molar-refractivity contribution in [2.24, 2.45) is 0 Å². The van der Waals surface area contributed by atoms with Crippen molar-refractivity contribution >= 4 is 22.4 Å². The first-order chi connectivity index (χ1) is 10.7. The third kappa shape index (κ3) is 1.76. The first kappa shape index (κ1) is 13.1. The van der Waals surface area contributed by atoms with Crippen molar-refractivity contribution in [2.75, 3.05) is 17.2 Å². The fraction of sp³-hybridized carbons (Fsp3) is 0.312. The van der Waals surface area contributed by atoms with Crippen LogP contribution in [0.3, 0.4) is 0 Å². The molecule has 2 heterocycles. The van der Waals surface area contributed by atoms with Gasteiger partial charge in [-0.25, -0.2) is 4.98 Å². The monoisotopic (exact) mass is 296 g/mol. The molecule has 6 nitrogen and oxygen atoms in total. The number of piperidine rings is 1. The molecule has 0 saturated carbocycles. The first-order valence-electron chi connectivity index (χ1n) is 7.47. The average Bonchev–Trinajstić information content (AvgIpc) is 2.99. The second kappa shape index (κ2) is 4.69. The van der Waals surface area contributed by atoms with Gasteiger partial charge in [-0.05, 0) is 31.4 Å². The molecule has 3 N–H and O–H groups in total. The summed E-state index contributed by atoms with van der Waals surface area (Å²) in [7, 11) is 0. The van der Waals surface area contributed by atoms with Gasteiger partial charge < -0.3 is 15.6 Å². The second-order valence-electron chi connectivity index (χ2n) is 5.76. The third-order valence-corrected chi connectivity index (χ3v) is 4.43. The van der Waals surface area contributed by atoms with E-state index in [0.29, 0.717) is 5.69 Å². The lowest BCUT2D eigenvalue weighted by Crippen LogP contribution is -2.46. The largest absolute Gasteiger partial charge is 0.394 e. The molecule has 1 unspecified atom stereocenters. The molecule has 1 aromatic heterocycles. The predicted octanol–water partition coefficient (Wildman–Crippen LogP) is 1.47. The maximum Gasteiger partial charge on any atom is 0.253 e.